The van der Waals surface area contributed by atoms with Gasteiger partial charge in [0, 0.05) is 25.0 Å². The van der Waals surface area contributed by atoms with E-state index in [-0.39, 0.29) is 22.8 Å². The van der Waals surface area contributed by atoms with Crippen molar-refractivity contribution < 1.29 is 17.9 Å². The average molecular weight is 338 g/mol. The van der Waals surface area contributed by atoms with Crippen molar-refractivity contribution >= 4 is 15.9 Å². The minimum Gasteiger partial charge on any atom is -0.497 e. The molecule has 6 nitrogen and oxygen atoms in total. The van der Waals surface area contributed by atoms with Crippen LogP contribution in [0, 0.1) is 5.92 Å². The van der Waals surface area contributed by atoms with E-state index in [1.54, 1.807) is 31.4 Å². The number of nitrogens with one attached hydrogen (secondary N) is 1. The number of carbonyl (C=O) groups is 1. The Morgan fingerprint density at radius 2 is 1.74 bits per heavy atom. The molecular formula is C16H22N2O4S. The highest BCUT2D eigenvalue weighted by molar-refractivity contribution is 7.89. The van der Waals surface area contributed by atoms with Crippen molar-refractivity contribution in [2.45, 2.75) is 36.6 Å². The Morgan fingerprint density at radius 1 is 1.13 bits per heavy atom. The lowest BCUT2D eigenvalue weighted by atomic mass is 10.1. The van der Waals surface area contributed by atoms with Gasteiger partial charge in [0.25, 0.3) is 0 Å². The zero-order valence-corrected chi connectivity index (χ0v) is 14.0. The van der Waals surface area contributed by atoms with Gasteiger partial charge in [0.1, 0.15) is 5.75 Å². The molecule has 0 bridgehead atoms. The summed E-state index contributed by atoms with van der Waals surface area (Å²) in [6.45, 7) is 0.869. The number of nitrogens with zero attached hydrogens (tertiary/aromatic N) is 1. The summed E-state index contributed by atoms with van der Waals surface area (Å²) in [4.78, 5) is 12.1. The molecule has 1 aliphatic carbocycles. The van der Waals surface area contributed by atoms with E-state index in [2.05, 4.69) is 5.32 Å². The lowest BCUT2D eigenvalue weighted by Gasteiger charge is -2.31. The number of methoxy groups -OCH3 is 1. The Hall–Kier alpha value is -1.60. The summed E-state index contributed by atoms with van der Waals surface area (Å²) >= 11 is 0. The Kier molecular flexibility index (Phi) is 4.59. The van der Waals surface area contributed by atoms with Crippen LogP contribution in [0.5, 0.6) is 5.75 Å². The second-order valence-electron chi connectivity index (χ2n) is 6.14. The van der Waals surface area contributed by atoms with Gasteiger partial charge in [-0.15, -0.1) is 0 Å². The monoisotopic (exact) mass is 338 g/mol. The molecule has 1 saturated heterocycles. The van der Waals surface area contributed by atoms with E-state index in [9.17, 15) is 13.2 Å². The maximum absolute atomic E-state index is 12.6. The van der Waals surface area contributed by atoms with Crippen LogP contribution in [0.4, 0.5) is 0 Å². The Morgan fingerprint density at radius 3 is 2.26 bits per heavy atom. The first-order valence-corrected chi connectivity index (χ1v) is 9.39. The fourth-order valence-corrected chi connectivity index (χ4v) is 4.27. The molecule has 0 aromatic heterocycles. The molecule has 1 heterocycles. The molecule has 2 fully saturated rings. The number of ether oxygens (including phenoxy) is 1. The Balaban J connectivity index is 1.59. The van der Waals surface area contributed by atoms with Gasteiger partial charge in [0.05, 0.1) is 12.0 Å². The molecule has 1 N–H and O–H groups in total. The summed E-state index contributed by atoms with van der Waals surface area (Å²) in [5.41, 5.74) is 0. The maximum atomic E-state index is 12.6. The van der Waals surface area contributed by atoms with Crippen molar-refractivity contribution in [2.24, 2.45) is 5.92 Å². The third-order valence-electron chi connectivity index (χ3n) is 4.45. The smallest absolute Gasteiger partial charge is 0.243 e. The Bertz CT molecular complexity index is 660. The standard InChI is InChI=1S/C16H22N2O4S/c1-22-14-4-6-15(7-5-14)23(20,21)18-10-8-13(9-11-18)17-16(19)12-2-3-12/h4-7,12-13H,2-3,8-11H2,1H3,(H,17,19). The van der Waals surface area contributed by atoms with E-state index < -0.39 is 10.0 Å². The average Bonchev–Trinajstić information content (AvgIpc) is 3.40. The topological polar surface area (TPSA) is 75.7 Å². The number of hydrogen-bond acceptors (Lipinski definition) is 4. The number of benzene rings is 1. The zero-order chi connectivity index (χ0) is 16.4. The number of carbonyl (C=O) groups excluding carboxylic acids is 1. The highest BCUT2D eigenvalue weighted by Gasteiger charge is 2.33. The molecule has 0 spiro atoms. The first-order chi connectivity index (χ1) is 11.0. The van der Waals surface area contributed by atoms with E-state index in [1.807, 2.05) is 0 Å². The summed E-state index contributed by atoms with van der Waals surface area (Å²) in [6.07, 6.45) is 3.29. The molecular weight excluding hydrogens is 316 g/mol. The van der Waals surface area contributed by atoms with E-state index in [0.717, 1.165) is 12.8 Å². The van der Waals surface area contributed by atoms with Gasteiger partial charge in [-0.2, -0.15) is 4.31 Å². The third kappa shape index (κ3) is 3.67. The number of rotatable bonds is 5. The van der Waals surface area contributed by atoms with Gasteiger partial charge in [-0.05, 0) is 49.9 Å². The molecule has 1 aliphatic heterocycles. The second kappa shape index (κ2) is 6.49. The highest BCUT2D eigenvalue weighted by Crippen LogP contribution is 2.29. The molecule has 0 radical (unpaired) electrons. The van der Waals surface area contributed by atoms with E-state index >= 15 is 0 Å². The summed E-state index contributed by atoms with van der Waals surface area (Å²) in [7, 11) is -1.93. The summed E-state index contributed by atoms with van der Waals surface area (Å²) in [5.74, 6) is 0.947. The largest absolute Gasteiger partial charge is 0.497 e. The van der Waals surface area contributed by atoms with Crippen LogP contribution in [0.1, 0.15) is 25.7 Å². The number of sulfonamides is 1. The normalized spacial score (nSPS) is 20.2. The number of amides is 1. The van der Waals surface area contributed by atoms with Gasteiger partial charge in [0.2, 0.25) is 15.9 Å². The molecule has 0 atom stereocenters. The van der Waals surface area contributed by atoms with Crippen molar-refractivity contribution in [3.8, 4) is 5.75 Å². The molecule has 7 heteroatoms. The second-order valence-corrected chi connectivity index (χ2v) is 8.07. The fraction of sp³-hybridized carbons (Fsp3) is 0.562. The van der Waals surface area contributed by atoms with E-state index in [1.165, 1.54) is 4.31 Å². The van der Waals surface area contributed by atoms with Crippen LogP contribution in [-0.4, -0.2) is 44.9 Å². The molecule has 3 rings (SSSR count). The van der Waals surface area contributed by atoms with Gasteiger partial charge in [-0.25, -0.2) is 8.42 Å². The van der Waals surface area contributed by atoms with Crippen LogP contribution >= 0.6 is 0 Å². The number of hydrogen-bond donors (Lipinski definition) is 1. The Labute approximate surface area is 136 Å². The van der Waals surface area contributed by atoms with Gasteiger partial charge < -0.3 is 10.1 Å². The van der Waals surface area contributed by atoms with Crippen molar-refractivity contribution in [3.63, 3.8) is 0 Å². The SMILES string of the molecule is COc1ccc(S(=O)(=O)N2CCC(NC(=O)C3CC3)CC2)cc1. The molecule has 1 saturated carbocycles. The summed E-state index contributed by atoms with van der Waals surface area (Å²) in [6, 6.07) is 6.51. The fourth-order valence-electron chi connectivity index (χ4n) is 2.80. The molecule has 1 aromatic rings. The van der Waals surface area contributed by atoms with Crippen LogP contribution in [0.3, 0.4) is 0 Å². The van der Waals surface area contributed by atoms with Gasteiger partial charge in [-0.1, -0.05) is 0 Å². The van der Waals surface area contributed by atoms with Crippen molar-refractivity contribution in [3.05, 3.63) is 24.3 Å². The first-order valence-electron chi connectivity index (χ1n) is 7.95. The molecule has 2 aliphatic rings. The highest BCUT2D eigenvalue weighted by atomic mass is 32.2. The van der Waals surface area contributed by atoms with Crippen molar-refractivity contribution in [2.75, 3.05) is 20.2 Å². The van der Waals surface area contributed by atoms with Crippen molar-refractivity contribution in [1.29, 1.82) is 0 Å². The molecule has 1 aromatic carbocycles. The van der Waals surface area contributed by atoms with Gasteiger partial charge >= 0.3 is 0 Å². The third-order valence-corrected chi connectivity index (χ3v) is 6.36. The minimum absolute atomic E-state index is 0.0883. The zero-order valence-electron chi connectivity index (χ0n) is 13.2. The van der Waals surface area contributed by atoms with Gasteiger partial charge in [-0.3, -0.25) is 4.79 Å². The van der Waals surface area contributed by atoms with Crippen molar-refractivity contribution in [1.82, 2.24) is 9.62 Å². The van der Waals surface area contributed by atoms with Gasteiger partial charge in [0.15, 0.2) is 0 Å². The lowest BCUT2D eigenvalue weighted by Crippen LogP contribution is -2.46. The van der Waals surface area contributed by atoms with Crippen LogP contribution in [-0.2, 0) is 14.8 Å². The first kappa shape index (κ1) is 16.3. The van der Waals surface area contributed by atoms with Crippen LogP contribution in [0.25, 0.3) is 0 Å². The lowest BCUT2D eigenvalue weighted by molar-refractivity contribution is -0.123. The van der Waals surface area contributed by atoms with E-state index in [4.69, 9.17) is 4.74 Å². The van der Waals surface area contributed by atoms with Crippen LogP contribution in [0.15, 0.2) is 29.2 Å². The minimum atomic E-state index is -3.48. The van der Waals surface area contributed by atoms with Crippen LogP contribution in [0.2, 0.25) is 0 Å². The molecule has 126 valence electrons. The maximum Gasteiger partial charge on any atom is 0.243 e. The molecule has 23 heavy (non-hydrogen) atoms. The molecule has 1 amide bonds. The molecule has 0 unspecified atom stereocenters. The van der Waals surface area contributed by atoms with Crippen LogP contribution < -0.4 is 10.1 Å². The predicted molar refractivity (Wildman–Crippen MR) is 85.6 cm³/mol. The van der Waals surface area contributed by atoms with E-state index in [0.29, 0.717) is 31.7 Å². The summed E-state index contributed by atoms with van der Waals surface area (Å²) < 4.78 is 31.8. The number of piperidine rings is 1. The summed E-state index contributed by atoms with van der Waals surface area (Å²) in [5, 5.41) is 3.03. The quantitative estimate of drug-likeness (QED) is 0.880. The predicted octanol–water partition coefficient (Wildman–Crippen LogP) is 1.37.